The Morgan fingerprint density at radius 3 is 2.57 bits per heavy atom. The molecule has 0 saturated carbocycles. The second-order valence-corrected chi connectivity index (χ2v) is 4.01. The molecule has 0 aromatic heterocycles. The molecule has 14 heavy (non-hydrogen) atoms. The van der Waals surface area contributed by atoms with Crippen molar-refractivity contribution in [3.8, 4) is 17.2 Å². The summed E-state index contributed by atoms with van der Waals surface area (Å²) in [6.07, 6.45) is -3.71. The molecule has 0 fully saturated rings. The minimum atomic E-state index is -3.71. The molecule has 1 aliphatic rings. The lowest BCUT2D eigenvalue weighted by molar-refractivity contribution is -0.287. The number of benzene rings is 1. The molecule has 0 amide bonds. The molecule has 1 aromatic rings. The molecule has 2 rings (SSSR count). The van der Waals surface area contributed by atoms with Gasteiger partial charge in [0.25, 0.3) is 0 Å². The minimum Gasteiger partial charge on any atom is -0.505 e. The summed E-state index contributed by atoms with van der Waals surface area (Å²) < 4.78 is 33.6. The van der Waals surface area contributed by atoms with Crippen LogP contribution in [-0.2, 0) is 0 Å². The monoisotopic (exact) mass is 329 g/mol. The number of fused-ring (bicyclic) bond motifs is 1. The third kappa shape index (κ3) is 1.44. The normalized spacial score (nSPS) is 17.1. The van der Waals surface area contributed by atoms with Gasteiger partial charge in [-0.2, -0.15) is 0 Å². The first-order chi connectivity index (χ1) is 6.41. The number of ether oxygens (including phenoxy) is 2. The Balaban J connectivity index is 2.59. The van der Waals surface area contributed by atoms with Gasteiger partial charge >= 0.3 is 6.29 Å². The van der Waals surface area contributed by atoms with Crippen LogP contribution in [0.2, 0.25) is 0 Å². The Morgan fingerprint density at radius 1 is 1.29 bits per heavy atom. The van der Waals surface area contributed by atoms with Crippen LogP contribution < -0.4 is 9.47 Å². The lowest BCUT2D eigenvalue weighted by Gasteiger charge is -2.04. The van der Waals surface area contributed by atoms with Gasteiger partial charge in [-0.15, -0.1) is 8.78 Å². The predicted molar refractivity (Wildman–Crippen MR) is 48.5 cm³/mol. The van der Waals surface area contributed by atoms with Gasteiger partial charge in [0.1, 0.15) is 10.2 Å². The molecule has 0 bridgehead atoms. The SMILES string of the molecule is Oc1c(Br)[c]c2c(c1Br)OC(F)(F)O2. The van der Waals surface area contributed by atoms with E-state index in [0.717, 1.165) is 0 Å². The van der Waals surface area contributed by atoms with Gasteiger partial charge in [-0.1, -0.05) is 0 Å². The largest absolute Gasteiger partial charge is 0.586 e. The zero-order valence-electron chi connectivity index (χ0n) is 6.28. The van der Waals surface area contributed by atoms with Crippen molar-refractivity contribution in [2.24, 2.45) is 0 Å². The quantitative estimate of drug-likeness (QED) is 0.794. The highest BCUT2D eigenvalue weighted by atomic mass is 79.9. The summed E-state index contributed by atoms with van der Waals surface area (Å²) in [6.45, 7) is 0. The van der Waals surface area contributed by atoms with Crippen molar-refractivity contribution >= 4 is 31.9 Å². The third-order valence-corrected chi connectivity index (χ3v) is 2.80. The number of phenols is 1. The fourth-order valence-electron chi connectivity index (χ4n) is 0.941. The fourth-order valence-corrected chi connectivity index (χ4v) is 2.04. The number of hydrogen-bond donors (Lipinski definition) is 1. The molecule has 0 saturated heterocycles. The standard InChI is InChI=1S/C7HBr2F2O3/c8-2-1-3-6(4(9)5(2)12)14-7(10,11)13-3/h12H. The minimum absolute atomic E-state index is 0.00435. The van der Waals surface area contributed by atoms with Crippen LogP contribution in [0.5, 0.6) is 17.2 Å². The Labute approximate surface area is 93.9 Å². The van der Waals surface area contributed by atoms with Gasteiger partial charge < -0.3 is 14.6 Å². The summed E-state index contributed by atoms with van der Waals surface area (Å²) >= 11 is 5.82. The first kappa shape index (κ1) is 9.97. The van der Waals surface area contributed by atoms with E-state index in [2.05, 4.69) is 47.4 Å². The molecule has 1 aromatic carbocycles. The van der Waals surface area contributed by atoms with Crippen molar-refractivity contribution in [3.63, 3.8) is 0 Å². The van der Waals surface area contributed by atoms with Gasteiger partial charge in [-0.25, -0.2) is 0 Å². The van der Waals surface area contributed by atoms with Crippen LogP contribution in [0.25, 0.3) is 0 Å². The van der Waals surface area contributed by atoms with Gasteiger partial charge in [0.05, 0.1) is 10.5 Å². The molecule has 0 unspecified atom stereocenters. The molecule has 1 radical (unpaired) electrons. The Bertz CT molecular complexity index is 408. The number of hydrogen-bond acceptors (Lipinski definition) is 3. The fraction of sp³-hybridized carbons (Fsp3) is 0.143. The van der Waals surface area contributed by atoms with Gasteiger partial charge in [0, 0.05) is 0 Å². The van der Waals surface area contributed by atoms with Crippen molar-refractivity contribution in [2.45, 2.75) is 6.29 Å². The second-order valence-electron chi connectivity index (χ2n) is 2.43. The molecule has 75 valence electrons. The lowest BCUT2D eigenvalue weighted by Crippen LogP contribution is -2.26. The molecule has 1 N–H and O–H groups in total. The number of rotatable bonds is 0. The summed E-state index contributed by atoms with van der Waals surface area (Å²) in [7, 11) is 0. The van der Waals surface area contributed by atoms with Crippen LogP contribution in [0.15, 0.2) is 8.95 Å². The molecule has 7 heteroatoms. The van der Waals surface area contributed by atoms with Crippen LogP contribution in [0, 0.1) is 6.07 Å². The molecule has 0 spiro atoms. The van der Waals surface area contributed by atoms with Crippen LogP contribution in [0.1, 0.15) is 0 Å². The van der Waals surface area contributed by atoms with Gasteiger partial charge in [-0.3, -0.25) is 0 Å². The molecule has 3 nitrogen and oxygen atoms in total. The van der Waals surface area contributed by atoms with Gasteiger partial charge in [0.2, 0.25) is 0 Å². The third-order valence-electron chi connectivity index (χ3n) is 1.49. The molecule has 1 heterocycles. The predicted octanol–water partition coefficient (Wildman–Crippen LogP) is 3.04. The van der Waals surface area contributed by atoms with E-state index in [9.17, 15) is 13.9 Å². The lowest BCUT2D eigenvalue weighted by atomic mass is 10.3. The maximum Gasteiger partial charge on any atom is 0.586 e. The summed E-state index contributed by atoms with van der Waals surface area (Å²) in [4.78, 5) is 0. The second kappa shape index (κ2) is 2.96. The van der Waals surface area contributed by atoms with E-state index in [1.807, 2.05) is 0 Å². The van der Waals surface area contributed by atoms with E-state index >= 15 is 0 Å². The summed E-state index contributed by atoms with van der Waals surface area (Å²) in [5.74, 6) is -0.799. The summed E-state index contributed by atoms with van der Waals surface area (Å²) in [5, 5.41) is 9.34. The number of alkyl halides is 2. The van der Waals surface area contributed by atoms with E-state index in [1.54, 1.807) is 0 Å². The smallest absolute Gasteiger partial charge is 0.505 e. The number of aromatic hydroxyl groups is 1. The van der Waals surface area contributed by atoms with Crippen molar-refractivity contribution in [1.29, 1.82) is 0 Å². The van der Waals surface area contributed by atoms with Crippen molar-refractivity contribution in [2.75, 3.05) is 0 Å². The Kier molecular flexibility index (Phi) is 2.11. The maximum absolute atomic E-state index is 12.6. The molecule has 0 aliphatic carbocycles. The zero-order valence-corrected chi connectivity index (χ0v) is 9.45. The first-order valence-corrected chi connectivity index (χ1v) is 4.88. The molecule has 1 aliphatic heterocycles. The van der Waals surface area contributed by atoms with Gasteiger partial charge in [-0.05, 0) is 31.9 Å². The molecular weight excluding hydrogens is 330 g/mol. The molecule has 0 atom stereocenters. The van der Waals surface area contributed by atoms with Crippen LogP contribution in [0.3, 0.4) is 0 Å². The van der Waals surface area contributed by atoms with Crippen LogP contribution in [0.4, 0.5) is 8.78 Å². The van der Waals surface area contributed by atoms with Crippen molar-refractivity contribution < 1.29 is 23.4 Å². The summed E-state index contributed by atoms with van der Waals surface area (Å²) in [5.41, 5.74) is 0. The van der Waals surface area contributed by atoms with E-state index in [-0.39, 0.29) is 26.2 Å². The summed E-state index contributed by atoms with van der Waals surface area (Å²) in [6, 6.07) is 2.36. The highest BCUT2D eigenvalue weighted by Gasteiger charge is 2.45. The van der Waals surface area contributed by atoms with Crippen molar-refractivity contribution in [3.05, 3.63) is 15.0 Å². The Hall–Kier alpha value is -0.560. The molecular formula is C7HBr2F2O3. The topological polar surface area (TPSA) is 38.7 Å². The van der Waals surface area contributed by atoms with E-state index in [0.29, 0.717) is 0 Å². The van der Waals surface area contributed by atoms with E-state index < -0.39 is 6.29 Å². The highest BCUT2D eigenvalue weighted by molar-refractivity contribution is 9.11. The Morgan fingerprint density at radius 2 is 1.93 bits per heavy atom. The first-order valence-electron chi connectivity index (χ1n) is 3.30. The number of halogens is 4. The van der Waals surface area contributed by atoms with E-state index in [1.165, 1.54) is 0 Å². The van der Waals surface area contributed by atoms with Crippen LogP contribution in [-0.4, -0.2) is 11.4 Å². The van der Waals surface area contributed by atoms with Crippen molar-refractivity contribution in [1.82, 2.24) is 0 Å². The van der Waals surface area contributed by atoms with Gasteiger partial charge in [0.15, 0.2) is 11.5 Å². The van der Waals surface area contributed by atoms with E-state index in [4.69, 9.17) is 0 Å². The maximum atomic E-state index is 12.6. The van der Waals surface area contributed by atoms with Crippen LogP contribution >= 0.6 is 31.9 Å². The average Bonchev–Trinajstić information content (AvgIpc) is 2.37. The zero-order chi connectivity index (χ0) is 10.5. The number of phenolic OH excluding ortho intramolecular Hbond substituents is 1. The highest BCUT2D eigenvalue weighted by Crippen LogP contribution is 2.51. The average molecular weight is 331 g/mol.